The lowest BCUT2D eigenvalue weighted by Crippen LogP contribution is -1.97. The van der Waals surface area contributed by atoms with Gasteiger partial charge < -0.3 is 4.74 Å². The molecule has 19 heavy (non-hydrogen) atoms. The predicted octanol–water partition coefficient (Wildman–Crippen LogP) is 3.90. The minimum Gasteiger partial charge on any atom is -0.492 e. The molecule has 1 aromatic carbocycles. The summed E-state index contributed by atoms with van der Waals surface area (Å²) < 4.78 is 20.4. The zero-order valence-corrected chi connectivity index (χ0v) is 11.1. The van der Waals surface area contributed by atoms with Gasteiger partial charge in [0.15, 0.2) is 5.65 Å². The van der Waals surface area contributed by atoms with Crippen molar-refractivity contribution in [2.24, 2.45) is 0 Å². The molecule has 0 spiro atoms. The van der Waals surface area contributed by atoms with Gasteiger partial charge in [0.25, 0.3) is 0 Å². The molecule has 0 radical (unpaired) electrons. The van der Waals surface area contributed by atoms with E-state index in [1.54, 1.807) is 23.7 Å². The van der Waals surface area contributed by atoms with Crippen LogP contribution in [0.25, 0.3) is 21.6 Å². The number of benzene rings is 1. The summed E-state index contributed by atoms with van der Waals surface area (Å²) in [7, 11) is 0. The average molecular weight is 274 g/mol. The minimum atomic E-state index is -0.314. The maximum Gasteiger partial charge on any atom is 0.171 e. The molecule has 2 heterocycles. The number of halogens is 1. The molecule has 0 atom stereocenters. The molecule has 0 aliphatic rings. The van der Waals surface area contributed by atoms with Crippen molar-refractivity contribution in [2.75, 3.05) is 6.61 Å². The van der Waals surface area contributed by atoms with Gasteiger partial charge in [0.2, 0.25) is 0 Å². The van der Waals surface area contributed by atoms with Crippen molar-refractivity contribution >= 4 is 21.7 Å². The molecular formula is C14H11FN2OS. The van der Waals surface area contributed by atoms with Crippen molar-refractivity contribution in [3.63, 3.8) is 0 Å². The van der Waals surface area contributed by atoms with Gasteiger partial charge in [-0.1, -0.05) is 12.1 Å². The number of fused-ring (bicyclic) bond motifs is 1. The summed E-state index contributed by atoms with van der Waals surface area (Å²) in [5.41, 5.74) is 3.27. The molecule has 0 saturated carbocycles. The highest BCUT2D eigenvalue weighted by Gasteiger charge is 2.14. The number of aromatic nitrogens is 2. The zero-order chi connectivity index (χ0) is 13.2. The summed E-state index contributed by atoms with van der Waals surface area (Å²) >= 11 is 1.49. The van der Waals surface area contributed by atoms with Crippen LogP contribution in [0.3, 0.4) is 0 Å². The van der Waals surface area contributed by atoms with Crippen molar-refractivity contribution < 1.29 is 9.13 Å². The van der Waals surface area contributed by atoms with Gasteiger partial charge in [-0.25, -0.2) is 14.4 Å². The van der Waals surface area contributed by atoms with Crippen LogP contribution in [0.2, 0.25) is 0 Å². The second-order valence-electron chi connectivity index (χ2n) is 3.92. The Labute approximate surface area is 113 Å². The summed E-state index contributed by atoms with van der Waals surface area (Å²) in [6.07, 6.45) is 0. The third kappa shape index (κ3) is 2.17. The number of pyridine rings is 1. The smallest absolute Gasteiger partial charge is 0.171 e. The molecule has 0 amide bonds. The Hall–Kier alpha value is -2.01. The molecule has 0 aliphatic carbocycles. The van der Waals surface area contributed by atoms with E-state index in [0.29, 0.717) is 29.3 Å². The minimum absolute atomic E-state index is 0.314. The molecule has 5 heteroatoms. The molecule has 96 valence electrons. The van der Waals surface area contributed by atoms with Crippen LogP contribution in [-0.2, 0) is 0 Å². The standard InChI is InChI=1S/C14H11FN2OS/c1-2-18-11-7-12-14(16-8-19-12)17-13(11)9-5-3-4-6-10(9)15/h3-8H,2H2,1H3. The lowest BCUT2D eigenvalue weighted by atomic mass is 10.1. The summed E-state index contributed by atoms with van der Waals surface area (Å²) in [6, 6.07) is 8.41. The van der Waals surface area contributed by atoms with E-state index in [4.69, 9.17) is 4.74 Å². The van der Waals surface area contributed by atoms with Gasteiger partial charge in [-0.15, -0.1) is 11.3 Å². The Bertz CT molecular complexity index is 726. The van der Waals surface area contributed by atoms with Crippen LogP contribution in [-0.4, -0.2) is 16.6 Å². The SMILES string of the molecule is CCOc1cc2scnc2nc1-c1ccccc1F. The van der Waals surface area contributed by atoms with Crippen molar-refractivity contribution in [1.29, 1.82) is 0 Å². The van der Waals surface area contributed by atoms with Crippen LogP contribution in [0.4, 0.5) is 4.39 Å². The Balaban J connectivity index is 2.25. The summed E-state index contributed by atoms with van der Waals surface area (Å²) in [4.78, 5) is 8.58. The molecule has 0 saturated heterocycles. The van der Waals surface area contributed by atoms with Crippen LogP contribution in [0.15, 0.2) is 35.8 Å². The number of hydrogen-bond acceptors (Lipinski definition) is 4. The molecule has 3 rings (SSSR count). The predicted molar refractivity (Wildman–Crippen MR) is 74.0 cm³/mol. The van der Waals surface area contributed by atoms with Gasteiger partial charge in [-0.2, -0.15) is 0 Å². The van der Waals surface area contributed by atoms with Gasteiger partial charge in [0, 0.05) is 11.6 Å². The first-order valence-corrected chi connectivity index (χ1v) is 6.79. The van der Waals surface area contributed by atoms with Gasteiger partial charge in [0.05, 0.1) is 16.8 Å². The Morgan fingerprint density at radius 1 is 1.32 bits per heavy atom. The summed E-state index contributed by atoms with van der Waals surface area (Å²) in [5, 5.41) is 0. The number of thiazole rings is 1. The first-order valence-electron chi connectivity index (χ1n) is 5.91. The molecule has 0 fully saturated rings. The van der Waals surface area contributed by atoms with E-state index in [1.807, 2.05) is 13.0 Å². The topological polar surface area (TPSA) is 35.0 Å². The monoisotopic (exact) mass is 274 g/mol. The summed E-state index contributed by atoms with van der Waals surface area (Å²) in [6.45, 7) is 2.40. The molecule has 2 aromatic heterocycles. The van der Waals surface area contributed by atoms with Gasteiger partial charge in [-0.3, -0.25) is 0 Å². The average Bonchev–Trinajstić information content (AvgIpc) is 2.86. The molecule has 0 N–H and O–H groups in total. The van der Waals surface area contributed by atoms with Crippen molar-refractivity contribution in [3.8, 4) is 17.0 Å². The Morgan fingerprint density at radius 3 is 2.95 bits per heavy atom. The van der Waals surface area contributed by atoms with Crippen LogP contribution in [0.5, 0.6) is 5.75 Å². The fourth-order valence-corrected chi connectivity index (χ4v) is 2.54. The van der Waals surface area contributed by atoms with Crippen LogP contribution in [0.1, 0.15) is 6.92 Å². The van der Waals surface area contributed by atoms with Crippen molar-refractivity contribution in [2.45, 2.75) is 6.92 Å². The largest absolute Gasteiger partial charge is 0.492 e. The number of nitrogens with zero attached hydrogens (tertiary/aromatic N) is 2. The third-order valence-corrected chi connectivity index (χ3v) is 3.48. The zero-order valence-electron chi connectivity index (χ0n) is 10.3. The van der Waals surface area contributed by atoms with E-state index in [-0.39, 0.29) is 5.82 Å². The lowest BCUT2D eigenvalue weighted by Gasteiger charge is -2.10. The van der Waals surface area contributed by atoms with E-state index < -0.39 is 0 Å². The highest BCUT2D eigenvalue weighted by molar-refractivity contribution is 7.16. The number of rotatable bonds is 3. The maximum atomic E-state index is 13.9. The van der Waals surface area contributed by atoms with Crippen molar-refractivity contribution in [1.82, 2.24) is 9.97 Å². The lowest BCUT2D eigenvalue weighted by molar-refractivity contribution is 0.341. The van der Waals surface area contributed by atoms with E-state index in [1.165, 1.54) is 17.4 Å². The molecule has 0 unspecified atom stereocenters. The van der Waals surface area contributed by atoms with Crippen molar-refractivity contribution in [3.05, 3.63) is 41.7 Å². The number of ether oxygens (including phenoxy) is 1. The van der Waals surface area contributed by atoms with E-state index in [0.717, 1.165) is 4.70 Å². The molecule has 0 bridgehead atoms. The van der Waals surface area contributed by atoms with Gasteiger partial charge in [0.1, 0.15) is 17.3 Å². The normalized spacial score (nSPS) is 10.8. The first kappa shape index (κ1) is 12.0. The van der Waals surface area contributed by atoms with Crippen LogP contribution in [0, 0.1) is 5.82 Å². The fourth-order valence-electron chi connectivity index (χ4n) is 1.89. The Kier molecular flexibility index (Phi) is 3.13. The van der Waals surface area contributed by atoms with Crippen LogP contribution >= 0.6 is 11.3 Å². The first-order chi connectivity index (χ1) is 9.29. The van der Waals surface area contributed by atoms with E-state index in [9.17, 15) is 4.39 Å². The highest BCUT2D eigenvalue weighted by Crippen LogP contribution is 2.33. The van der Waals surface area contributed by atoms with Gasteiger partial charge >= 0.3 is 0 Å². The Morgan fingerprint density at radius 2 is 2.16 bits per heavy atom. The highest BCUT2D eigenvalue weighted by atomic mass is 32.1. The molecular weight excluding hydrogens is 263 g/mol. The quantitative estimate of drug-likeness (QED) is 0.726. The molecule has 3 nitrogen and oxygen atoms in total. The van der Waals surface area contributed by atoms with E-state index >= 15 is 0 Å². The van der Waals surface area contributed by atoms with Crippen LogP contribution < -0.4 is 4.74 Å². The van der Waals surface area contributed by atoms with E-state index in [2.05, 4.69) is 9.97 Å². The fraction of sp³-hybridized carbons (Fsp3) is 0.143. The molecule has 0 aliphatic heterocycles. The van der Waals surface area contributed by atoms with Gasteiger partial charge in [-0.05, 0) is 19.1 Å². The summed E-state index contributed by atoms with van der Waals surface area (Å²) in [5.74, 6) is 0.273. The third-order valence-electron chi connectivity index (χ3n) is 2.72. The number of hydrogen-bond donors (Lipinski definition) is 0. The second-order valence-corrected chi connectivity index (χ2v) is 4.81. The molecule has 3 aromatic rings. The second kappa shape index (κ2) is 4.93. The maximum absolute atomic E-state index is 13.9.